The molecule has 0 fully saturated rings. The molecule has 2 heterocycles. The number of aryl methyl sites for hydroxylation is 3. The second-order valence-electron chi connectivity index (χ2n) is 8.90. The van der Waals surface area contributed by atoms with Crippen molar-refractivity contribution >= 4 is 34.3 Å². The van der Waals surface area contributed by atoms with Crippen molar-refractivity contribution in [3.8, 4) is 0 Å². The summed E-state index contributed by atoms with van der Waals surface area (Å²) >= 11 is 7.94. The molecule has 0 amide bonds. The molecule has 0 saturated carbocycles. The Kier molecular flexibility index (Phi) is 6.09. The molecule has 27 heavy (non-hydrogen) atoms. The lowest BCUT2D eigenvalue weighted by Gasteiger charge is -2.27. The van der Waals surface area contributed by atoms with E-state index in [0.717, 1.165) is 36.0 Å². The van der Waals surface area contributed by atoms with E-state index in [0.29, 0.717) is 6.42 Å². The largest absolute Gasteiger partial charge is 0.374 e. The molecule has 1 aromatic heterocycles. The molecule has 1 aromatic carbocycles. The topological polar surface area (TPSA) is 35.5 Å². The lowest BCUT2D eigenvalue weighted by Crippen LogP contribution is -2.26. The van der Waals surface area contributed by atoms with Crippen LogP contribution in [-0.2, 0) is 13.0 Å². The van der Waals surface area contributed by atoms with E-state index < -0.39 is 6.23 Å². The van der Waals surface area contributed by atoms with Crippen molar-refractivity contribution in [3.63, 3.8) is 0 Å². The van der Waals surface area contributed by atoms with Crippen LogP contribution >= 0.6 is 22.9 Å². The molecule has 2 aromatic rings. The van der Waals surface area contributed by atoms with Gasteiger partial charge in [-0.15, -0.1) is 11.3 Å². The molecular formula is C22H31ClN2OS. The zero-order valence-electron chi connectivity index (χ0n) is 17.0. The summed E-state index contributed by atoms with van der Waals surface area (Å²) in [7, 11) is 0. The molecule has 0 spiro atoms. The first kappa shape index (κ1) is 20.5. The number of aliphatic hydroxyl groups excluding tert-OH is 1. The molecule has 0 bridgehead atoms. The van der Waals surface area contributed by atoms with Gasteiger partial charge in [-0.3, -0.25) is 0 Å². The zero-order chi connectivity index (χ0) is 19.8. The van der Waals surface area contributed by atoms with Crippen molar-refractivity contribution in [2.45, 2.75) is 66.7 Å². The minimum atomic E-state index is -0.540. The predicted molar refractivity (Wildman–Crippen MR) is 118 cm³/mol. The highest BCUT2D eigenvalue weighted by Crippen LogP contribution is 2.35. The van der Waals surface area contributed by atoms with Crippen LogP contribution in [0.2, 0.25) is 4.34 Å². The number of rotatable bonds is 4. The van der Waals surface area contributed by atoms with Crippen LogP contribution in [0.1, 0.15) is 55.2 Å². The Morgan fingerprint density at radius 3 is 2.52 bits per heavy atom. The number of halogens is 1. The molecular weight excluding hydrogens is 376 g/mol. The van der Waals surface area contributed by atoms with Gasteiger partial charge in [0, 0.05) is 22.8 Å². The lowest BCUT2D eigenvalue weighted by molar-refractivity contribution is 0.145. The number of anilines is 2. The van der Waals surface area contributed by atoms with Crippen LogP contribution in [-0.4, -0.2) is 17.9 Å². The quantitative estimate of drug-likeness (QED) is 0.598. The van der Waals surface area contributed by atoms with Crippen molar-refractivity contribution in [1.29, 1.82) is 0 Å². The second kappa shape index (κ2) is 8.02. The number of nitrogens with one attached hydrogen (secondary N) is 1. The van der Waals surface area contributed by atoms with Gasteiger partial charge in [-0.2, -0.15) is 0 Å². The van der Waals surface area contributed by atoms with Gasteiger partial charge in [-0.1, -0.05) is 32.4 Å². The van der Waals surface area contributed by atoms with Gasteiger partial charge in [0.1, 0.15) is 6.23 Å². The molecule has 1 unspecified atom stereocenters. The first-order valence-electron chi connectivity index (χ1n) is 9.70. The number of nitrogens with zero attached hydrogens (tertiary/aromatic N) is 1. The number of fused-ring (bicyclic) bond motifs is 1. The van der Waals surface area contributed by atoms with Crippen LogP contribution in [0, 0.1) is 19.3 Å². The number of aliphatic hydroxyl groups is 1. The number of benzene rings is 1. The van der Waals surface area contributed by atoms with Crippen LogP contribution < -0.4 is 10.2 Å². The first-order valence-corrected chi connectivity index (χ1v) is 10.9. The molecule has 5 heteroatoms. The first-order chi connectivity index (χ1) is 12.6. The van der Waals surface area contributed by atoms with Gasteiger partial charge in [0.05, 0.1) is 10.9 Å². The third-order valence-corrected chi connectivity index (χ3v) is 6.37. The van der Waals surface area contributed by atoms with Crippen molar-refractivity contribution < 1.29 is 5.11 Å². The fourth-order valence-corrected chi connectivity index (χ4v) is 5.22. The minimum absolute atomic E-state index is 0.0832. The molecule has 3 nitrogen and oxygen atoms in total. The normalized spacial score (nSPS) is 16.0. The van der Waals surface area contributed by atoms with E-state index in [2.05, 4.69) is 63.0 Å². The summed E-state index contributed by atoms with van der Waals surface area (Å²) in [5, 5.41) is 13.7. The maximum atomic E-state index is 10.4. The van der Waals surface area contributed by atoms with Gasteiger partial charge in [-0.25, -0.2) is 0 Å². The summed E-state index contributed by atoms with van der Waals surface area (Å²) in [5.41, 5.74) is 6.13. The Morgan fingerprint density at radius 2 is 1.89 bits per heavy atom. The van der Waals surface area contributed by atoms with E-state index in [-0.39, 0.29) is 5.41 Å². The number of thiophene rings is 1. The molecule has 3 rings (SSSR count). The summed E-state index contributed by atoms with van der Waals surface area (Å²) in [5.74, 6) is 0. The third kappa shape index (κ3) is 5.18. The van der Waals surface area contributed by atoms with E-state index in [9.17, 15) is 5.11 Å². The van der Waals surface area contributed by atoms with Crippen LogP contribution in [0.15, 0.2) is 18.2 Å². The Bertz CT molecular complexity index is 786. The average molecular weight is 407 g/mol. The molecule has 148 valence electrons. The fourth-order valence-electron chi connectivity index (χ4n) is 3.86. The SMILES string of the molecule is Cc1cc(N2CCCc3cc(Cl)sc3C2)cc(C)c1NC(O)CC(C)(C)C. The van der Waals surface area contributed by atoms with Gasteiger partial charge in [0.2, 0.25) is 0 Å². The highest BCUT2D eigenvalue weighted by molar-refractivity contribution is 7.16. The van der Waals surface area contributed by atoms with E-state index >= 15 is 0 Å². The third-order valence-electron chi connectivity index (χ3n) is 5.07. The highest BCUT2D eigenvalue weighted by atomic mass is 35.5. The van der Waals surface area contributed by atoms with E-state index in [1.807, 2.05) is 0 Å². The van der Waals surface area contributed by atoms with Crippen molar-refractivity contribution in [3.05, 3.63) is 44.1 Å². The molecule has 0 radical (unpaired) electrons. The van der Waals surface area contributed by atoms with E-state index in [4.69, 9.17) is 11.6 Å². The summed E-state index contributed by atoms with van der Waals surface area (Å²) in [4.78, 5) is 3.84. The maximum Gasteiger partial charge on any atom is 0.124 e. The molecule has 1 aliphatic rings. The summed E-state index contributed by atoms with van der Waals surface area (Å²) < 4.78 is 0.890. The van der Waals surface area contributed by atoms with Crippen LogP contribution in [0.4, 0.5) is 11.4 Å². The standard InChI is InChI=1S/C22H31ClN2OS/c1-14-9-17(10-15(2)21(14)24-20(26)12-22(3,4)5)25-8-6-7-16-11-19(23)27-18(16)13-25/h9-11,20,24,26H,6-8,12-13H2,1-5H3. The van der Waals surface area contributed by atoms with Gasteiger partial charge < -0.3 is 15.3 Å². The molecule has 0 aliphatic carbocycles. The smallest absolute Gasteiger partial charge is 0.124 e. The van der Waals surface area contributed by atoms with Gasteiger partial charge >= 0.3 is 0 Å². The predicted octanol–water partition coefficient (Wildman–Crippen LogP) is 6.14. The Morgan fingerprint density at radius 1 is 1.22 bits per heavy atom. The van der Waals surface area contributed by atoms with Crippen molar-refractivity contribution in [2.24, 2.45) is 5.41 Å². The Balaban J connectivity index is 1.80. The van der Waals surface area contributed by atoms with Crippen LogP contribution in [0.3, 0.4) is 0 Å². The maximum absolute atomic E-state index is 10.4. The van der Waals surface area contributed by atoms with Gasteiger partial charge in [0.15, 0.2) is 0 Å². The van der Waals surface area contributed by atoms with Crippen LogP contribution in [0.25, 0.3) is 0 Å². The lowest BCUT2D eigenvalue weighted by atomic mass is 9.91. The monoisotopic (exact) mass is 406 g/mol. The van der Waals surface area contributed by atoms with Crippen LogP contribution in [0.5, 0.6) is 0 Å². The molecule has 1 atom stereocenters. The van der Waals surface area contributed by atoms with Gasteiger partial charge in [-0.05, 0) is 73.4 Å². The number of hydrogen-bond acceptors (Lipinski definition) is 4. The average Bonchev–Trinajstić information content (AvgIpc) is 2.76. The van der Waals surface area contributed by atoms with E-state index in [1.54, 1.807) is 11.3 Å². The van der Waals surface area contributed by atoms with Gasteiger partial charge in [0.25, 0.3) is 0 Å². The summed E-state index contributed by atoms with van der Waals surface area (Å²) in [6, 6.07) is 6.60. The Labute approximate surface area is 172 Å². The zero-order valence-corrected chi connectivity index (χ0v) is 18.6. The molecule has 0 saturated heterocycles. The molecule has 2 N–H and O–H groups in total. The molecule has 1 aliphatic heterocycles. The highest BCUT2D eigenvalue weighted by Gasteiger charge is 2.20. The van der Waals surface area contributed by atoms with Crippen molar-refractivity contribution in [1.82, 2.24) is 0 Å². The summed E-state index contributed by atoms with van der Waals surface area (Å²) in [6.45, 7) is 12.6. The van der Waals surface area contributed by atoms with Crippen molar-refractivity contribution in [2.75, 3.05) is 16.8 Å². The van der Waals surface area contributed by atoms with E-state index in [1.165, 1.54) is 27.3 Å². The minimum Gasteiger partial charge on any atom is -0.374 e. The fraction of sp³-hybridized carbons (Fsp3) is 0.545. The summed E-state index contributed by atoms with van der Waals surface area (Å²) in [6.07, 6.45) is 2.41. The Hall–Kier alpha value is -1.23. The second-order valence-corrected chi connectivity index (χ2v) is 10.7. The number of hydrogen-bond donors (Lipinski definition) is 2.